The van der Waals surface area contributed by atoms with Crippen molar-refractivity contribution in [1.82, 2.24) is 0 Å². The van der Waals surface area contributed by atoms with Crippen molar-refractivity contribution in [1.29, 1.82) is 0 Å². The number of carbonyl (C=O) groups is 1. The molecule has 1 aliphatic carbocycles. The highest BCUT2D eigenvalue weighted by molar-refractivity contribution is 5.81. The van der Waals surface area contributed by atoms with Gasteiger partial charge in [0.2, 0.25) is 0 Å². The summed E-state index contributed by atoms with van der Waals surface area (Å²) >= 11 is 0. The first-order chi connectivity index (χ1) is 8.65. The van der Waals surface area contributed by atoms with Crippen molar-refractivity contribution in [3.63, 3.8) is 0 Å². The van der Waals surface area contributed by atoms with E-state index < -0.39 is 5.97 Å². The Bertz CT molecular complexity index is 350. The lowest BCUT2D eigenvalue weighted by Gasteiger charge is -2.36. The number of allylic oxidation sites excluding steroid dienone is 1. The molecule has 0 radical (unpaired) electrons. The normalized spacial score (nSPS) is 34.6. The Morgan fingerprint density at radius 3 is 2.94 bits per heavy atom. The summed E-state index contributed by atoms with van der Waals surface area (Å²) < 4.78 is 16.6. The Hall–Kier alpha value is -1.29. The molecule has 0 aromatic rings. The number of fused-ring (bicyclic) bond motifs is 1. The maximum Gasteiger partial charge on any atom is 0.330 e. The predicted octanol–water partition coefficient (Wildman–Crippen LogP) is 2.06. The van der Waals surface area contributed by atoms with Crippen LogP contribution in [-0.4, -0.2) is 31.4 Å². The molecule has 2 aliphatic rings. The second kappa shape index (κ2) is 5.57. The van der Waals surface area contributed by atoms with Crippen molar-refractivity contribution in [3.8, 4) is 0 Å². The fourth-order valence-electron chi connectivity index (χ4n) is 2.82. The van der Waals surface area contributed by atoms with E-state index in [-0.39, 0.29) is 18.1 Å². The highest BCUT2D eigenvalue weighted by Crippen LogP contribution is 2.42. The van der Waals surface area contributed by atoms with Gasteiger partial charge in [-0.1, -0.05) is 13.2 Å². The van der Waals surface area contributed by atoms with E-state index in [0.29, 0.717) is 19.1 Å². The SMILES string of the molecule is C=CC(=O)OC1CC2C(=C)OCC2CC1OCC. The largest absolute Gasteiger partial charge is 0.498 e. The van der Waals surface area contributed by atoms with Crippen LogP contribution in [0.15, 0.2) is 25.0 Å². The molecule has 0 N–H and O–H groups in total. The molecule has 0 aromatic carbocycles. The Morgan fingerprint density at radius 2 is 2.28 bits per heavy atom. The van der Waals surface area contributed by atoms with Crippen LogP contribution in [-0.2, 0) is 19.0 Å². The van der Waals surface area contributed by atoms with Crippen LogP contribution in [0.4, 0.5) is 0 Å². The van der Waals surface area contributed by atoms with E-state index in [1.54, 1.807) is 0 Å². The zero-order valence-corrected chi connectivity index (χ0v) is 10.8. The number of carbonyl (C=O) groups excluding carboxylic acids is 1. The van der Waals surface area contributed by atoms with E-state index in [4.69, 9.17) is 14.2 Å². The average molecular weight is 252 g/mol. The minimum Gasteiger partial charge on any atom is -0.498 e. The van der Waals surface area contributed by atoms with Gasteiger partial charge in [-0.25, -0.2) is 4.79 Å². The van der Waals surface area contributed by atoms with Crippen LogP contribution >= 0.6 is 0 Å². The van der Waals surface area contributed by atoms with Gasteiger partial charge in [-0.05, 0) is 19.8 Å². The van der Waals surface area contributed by atoms with Crippen molar-refractivity contribution in [3.05, 3.63) is 25.0 Å². The van der Waals surface area contributed by atoms with E-state index in [1.165, 1.54) is 6.08 Å². The topological polar surface area (TPSA) is 44.8 Å². The van der Waals surface area contributed by atoms with Crippen LogP contribution in [0.3, 0.4) is 0 Å². The number of hydrogen-bond donors (Lipinski definition) is 0. The number of hydrogen-bond acceptors (Lipinski definition) is 4. The molecule has 100 valence electrons. The minimum atomic E-state index is -0.396. The zero-order valence-electron chi connectivity index (χ0n) is 10.8. The number of rotatable bonds is 4. The van der Waals surface area contributed by atoms with Crippen LogP contribution in [0.1, 0.15) is 19.8 Å². The Balaban J connectivity index is 2.06. The second-order valence-corrected chi connectivity index (χ2v) is 4.79. The summed E-state index contributed by atoms with van der Waals surface area (Å²) in [5, 5.41) is 0. The van der Waals surface area contributed by atoms with Crippen molar-refractivity contribution >= 4 is 5.97 Å². The molecule has 2 rings (SSSR count). The highest BCUT2D eigenvalue weighted by atomic mass is 16.6. The Kier molecular flexibility index (Phi) is 4.07. The summed E-state index contributed by atoms with van der Waals surface area (Å²) in [6.45, 7) is 10.6. The molecule has 18 heavy (non-hydrogen) atoms. The quantitative estimate of drug-likeness (QED) is 0.567. The molecule has 4 nitrogen and oxygen atoms in total. The van der Waals surface area contributed by atoms with Gasteiger partial charge < -0.3 is 14.2 Å². The standard InChI is InChI=1S/C14H20O4/c1-4-14(15)18-13-7-11-9(3)17-8-10(11)6-12(13)16-5-2/h4,10-13H,1,3,5-8H2,2H3. The predicted molar refractivity (Wildman–Crippen MR) is 66.8 cm³/mol. The van der Waals surface area contributed by atoms with Gasteiger partial charge in [-0.15, -0.1) is 0 Å². The van der Waals surface area contributed by atoms with Gasteiger partial charge >= 0.3 is 5.97 Å². The van der Waals surface area contributed by atoms with Crippen LogP contribution in [0, 0.1) is 11.8 Å². The summed E-state index contributed by atoms with van der Waals surface area (Å²) in [4.78, 5) is 11.4. The molecule has 4 unspecified atom stereocenters. The first-order valence-corrected chi connectivity index (χ1v) is 6.42. The third kappa shape index (κ3) is 2.58. The van der Waals surface area contributed by atoms with E-state index >= 15 is 0 Å². The van der Waals surface area contributed by atoms with Gasteiger partial charge in [-0.2, -0.15) is 0 Å². The van der Waals surface area contributed by atoms with E-state index in [1.807, 2.05) is 6.92 Å². The molecule has 1 saturated heterocycles. The van der Waals surface area contributed by atoms with E-state index in [2.05, 4.69) is 13.2 Å². The zero-order chi connectivity index (χ0) is 13.1. The van der Waals surface area contributed by atoms with E-state index in [9.17, 15) is 4.79 Å². The molecule has 1 saturated carbocycles. The van der Waals surface area contributed by atoms with Crippen molar-refractivity contribution in [2.24, 2.45) is 11.8 Å². The first kappa shape index (κ1) is 13.1. The molecular formula is C14H20O4. The van der Waals surface area contributed by atoms with Gasteiger partial charge in [-0.3, -0.25) is 0 Å². The molecule has 0 spiro atoms. The van der Waals surface area contributed by atoms with Gasteiger partial charge in [0.1, 0.15) is 6.10 Å². The van der Waals surface area contributed by atoms with Crippen LogP contribution in [0.2, 0.25) is 0 Å². The fraction of sp³-hybridized carbons (Fsp3) is 0.643. The van der Waals surface area contributed by atoms with Gasteiger partial charge in [0.05, 0.1) is 18.5 Å². The van der Waals surface area contributed by atoms with Gasteiger partial charge in [0, 0.05) is 24.5 Å². The minimum absolute atomic E-state index is 0.0466. The third-order valence-electron chi connectivity index (χ3n) is 3.72. The monoisotopic (exact) mass is 252 g/mol. The molecule has 0 amide bonds. The summed E-state index contributed by atoms with van der Waals surface area (Å²) in [6, 6.07) is 0. The van der Waals surface area contributed by atoms with Gasteiger partial charge in [0.15, 0.2) is 0 Å². The molecule has 0 aromatic heterocycles. The molecule has 0 bridgehead atoms. The average Bonchev–Trinajstić information content (AvgIpc) is 2.71. The molecular weight excluding hydrogens is 232 g/mol. The third-order valence-corrected chi connectivity index (χ3v) is 3.72. The highest BCUT2D eigenvalue weighted by Gasteiger charge is 2.44. The smallest absolute Gasteiger partial charge is 0.330 e. The summed E-state index contributed by atoms with van der Waals surface area (Å²) in [5.74, 6) is 1.14. The van der Waals surface area contributed by atoms with E-state index in [0.717, 1.165) is 18.6 Å². The maximum absolute atomic E-state index is 11.4. The first-order valence-electron chi connectivity index (χ1n) is 6.42. The Labute approximate surface area is 108 Å². The molecule has 4 atom stereocenters. The summed E-state index contributed by atoms with van der Waals surface area (Å²) in [7, 11) is 0. The van der Waals surface area contributed by atoms with Crippen LogP contribution in [0.5, 0.6) is 0 Å². The van der Waals surface area contributed by atoms with Crippen LogP contribution in [0.25, 0.3) is 0 Å². The molecule has 4 heteroatoms. The van der Waals surface area contributed by atoms with Crippen molar-refractivity contribution < 1.29 is 19.0 Å². The second-order valence-electron chi connectivity index (χ2n) is 4.79. The molecule has 1 heterocycles. The number of esters is 1. The van der Waals surface area contributed by atoms with Crippen molar-refractivity contribution in [2.45, 2.75) is 32.0 Å². The van der Waals surface area contributed by atoms with Gasteiger partial charge in [0.25, 0.3) is 0 Å². The lowest BCUT2D eigenvalue weighted by Crippen LogP contribution is -2.42. The molecule has 2 fully saturated rings. The lowest BCUT2D eigenvalue weighted by molar-refractivity contribution is -0.158. The summed E-state index contributed by atoms with van der Waals surface area (Å²) in [6.07, 6.45) is 2.50. The molecule has 1 aliphatic heterocycles. The summed E-state index contributed by atoms with van der Waals surface area (Å²) in [5.41, 5.74) is 0. The maximum atomic E-state index is 11.4. The number of ether oxygens (including phenoxy) is 3. The Morgan fingerprint density at radius 1 is 1.50 bits per heavy atom. The van der Waals surface area contributed by atoms with Crippen molar-refractivity contribution in [2.75, 3.05) is 13.2 Å². The lowest BCUT2D eigenvalue weighted by atomic mass is 9.77. The fourth-order valence-corrected chi connectivity index (χ4v) is 2.82. The van der Waals surface area contributed by atoms with Crippen LogP contribution < -0.4 is 0 Å².